The van der Waals surface area contributed by atoms with Crippen LogP contribution < -0.4 is 9.47 Å². The lowest BCUT2D eigenvalue weighted by molar-refractivity contribution is -0.156. The lowest BCUT2D eigenvalue weighted by atomic mass is 9.87. The van der Waals surface area contributed by atoms with E-state index in [0.29, 0.717) is 11.3 Å². The van der Waals surface area contributed by atoms with E-state index in [1.54, 1.807) is 55.5 Å². The molecule has 1 saturated carbocycles. The Kier molecular flexibility index (Phi) is 4.57. The fraction of sp³-hybridized carbons (Fsp3) is 0.160. The van der Waals surface area contributed by atoms with Crippen LogP contribution in [0.1, 0.15) is 28.8 Å². The molecule has 7 heteroatoms. The van der Waals surface area contributed by atoms with Gasteiger partial charge in [0, 0.05) is 21.5 Å². The van der Waals surface area contributed by atoms with Crippen LogP contribution in [0, 0.1) is 16.6 Å². The highest BCUT2D eigenvalue weighted by atomic mass is 79.9. The molecule has 5 nitrogen and oxygen atoms in total. The van der Waals surface area contributed by atoms with Crippen molar-refractivity contribution in [1.82, 2.24) is 0 Å². The summed E-state index contributed by atoms with van der Waals surface area (Å²) in [5.41, 5.74) is -2.52. The first kappa shape index (κ1) is 20.6. The average molecular weight is 495 g/mol. The molecule has 1 aliphatic heterocycles. The number of ether oxygens (including phenoxy) is 2. The van der Waals surface area contributed by atoms with E-state index in [1.807, 2.05) is 0 Å². The van der Waals surface area contributed by atoms with Crippen LogP contribution in [0.15, 0.2) is 77.3 Å². The smallest absolute Gasteiger partial charge is 0.330 e. The number of ketones is 1. The van der Waals surface area contributed by atoms with Gasteiger partial charge in [0.15, 0.2) is 11.2 Å². The van der Waals surface area contributed by atoms with Gasteiger partial charge < -0.3 is 9.47 Å². The Morgan fingerprint density at radius 1 is 1.00 bits per heavy atom. The molecule has 1 heterocycles. The van der Waals surface area contributed by atoms with E-state index in [4.69, 9.17) is 9.47 Å². The van der Waals surface area contributed by atoms with Crippen molar-refractivity contribution < 1.29 is 28.2 Å². The molecule has 0 aromatic heterocycles. The lowest BCUT2D eigenvalue weighted by Crippen LogP contribution is -2.41. The van der Waals surface area contributed by atoms with Gasteiger partial charge in [0.1, 0.15) is 17.3 Å². The minimum Gasteiger partial charge on any atom is -0.426 e. The molecule has 0 radical (unpaired) electrons. The molecule has 0 bridgehead atoms. The molecule has 2 aliphatic rings. The molecule has 160 valence electrons. The second-order valence-electron chi connectivity index (χ2n) is 8.05. The van der Waals surface area contributed by atoms with Crippen LogP contribution in [0.4, 0.5) is 4.39 Å². The average Bonchev–Trinajstić information content (AvgIpc) is 3.39. The molecule has 3 aromatic rings. The number of hydrogen-bond donors (Lipinski definition) is 0. The van der Waals surface area contributed by atoms with E-state index in [1.165, 1.54) is 24.3 Å². The Morgan fingerprint density at radius 2 is 1.66 bits per heavy atom. The SMILES string of the molecule is C[C@]1(C(=O)c2ccc(F)cc2)[C@@H]2c3ccccc3OC(=O)[C@@]21C(=O)Oc1ccc(Br)cc1. The predicted molar refractivity (Wildman–Crippen MR) is 116 cm³/mol. The van der Waals surface area contributed by atoms with Gasteiger partial charge in [0.25, 0.3) is 0 Å². The van der Waals surface area contributed by atoms with E-state index < -0.39 is 40.3 Å². The third-order valence-corrected chi connectivity index (χ3v) is 6.95. The first-order valence-electron chi connectivity index (χ1n) is 9.89. The van der Waals surface area contributed by atoms with Gasteiger partial charge >= 0.3 is 11.9 Å². The van der Waals surface area contributed by atoms with Gasteiger partial charge in [0.05, 0.1) is 5.41 Å². The van der Waals surface area contributed by atoms with Crippen molar-refractivity contribution in [3.63, 3.8) is 0 Å². The molecule has 0 saturated heterocycles. The number of rotatable bonds is 4. The minimum absolute atomic E-state index is 0.199. The van der Waals surface area contributed by atoms with Crippen molar-refractivity contribution in [2.24, 2.45) is 10.8 Å². The Balaban J connectivity index is 1.62. The first-order valence-corrected chi connectivity index (χ1v) is 10.7. The largest absolute Gasteiger partial charge is 0.426 e. The molecule has 0 N–H and O–H groups in total. The van der Waals surface area contributed by atoms with Crippen molar-refractivity contribution in [3.05, 3.63) is 94.2 Å². The van der Waals surface area contributed by atoms with Crippen molar-refractivity contribution in [3.8, 4) is 11.5 Å². The molecule has 1 fully saturated rings. The van der Waals surface area contributed by atoms with Gasteiger partial charge in [-0.25, -0.2) is 4.39 Å². The maximum Gasteiger partial charge on any atom is 0.330 e. The third-order valence-electron chi connectivity index (χ3n) is 6.43. The number of hydrogen-bond acceptors (Lipinski definition) is 5. The summed E-state index contributed by atoms with van der Waals surface area (Å²) >= 11 is 3.32. The number of para-hydroxylation sites is 1. The molecule has 32 heavy (non-hydrogen) atoms. The molecular weight excluding hydrogens is 479 g/mol. The van der Waals surface area contributed by atoms with Crippen LogP contribution >= 0.6 is 15.9 Å². The van der Waals surface area contributed by atoms with Crippen molar-refractivity contribution in [2.75, 3.05) is 0 Å². The van der Waals surface area contributed by atoms with Crippen LogP contribution in [0.25, 0.3) is 0 Å². The molecule has 3 aromatic carbocycles. The quantitative estimate of drug-likeness (QED) is 0.219. The number of carbonyl (C=O) groups is 3. The molecule has 5 rings (SSSR count). The summed E-state index contributed by atoms with van der Waals surface area (Å²) in [6, 6.07) is 18.4. The summed E-state index contributed by atoms with van der Waals surface area (Å²) in [6.07, 6.45) is 0. The maximum absolute atomic E-state index is 13.6. The zero-order valence-corrected chi connectivity index (χ0v) is 18.4. The highest BCUT2D eigenvalue weighted by Gasteiger charge is 2.89. The Bertz CT molecular complexity index is 1270. The van der Waals surface area contributed by atoms with Gasteiger partial charge in [-0.1, -0.05) is 34.1 Å². The van der Waals surface area contributed by atoms with E-state index in [-0.39, 0.29) is 11.3 Å². The zero-order valence-electron chi connectivity index (χ0n) is 16.8. The maximum atomic E-state index is 13.6. The van der Waals surface area contributed by atoms with Gasteiger partial charge in [-0.15, -0.1) is 0 Å². The normalized spacial score (nSPS) is 25.2. The van der Waals surface area contributed by atoms with E-state index in [9.17, 15) is 18.8 Å². The third kappa shape index (κ3) is 2.70. The second-order valence-corrected chi connectivity index (χ2v) is 8.97. The lowest BCUT2D eigenvalue weighted by Gasteiger charge is -2.22. The molecule has 1 aliphatic carbocycles. The fourth-order valence-corrected chi connectivity index (χ4v) is 5.06. The standard InChI is InChI=1S/C25H16BrFO5/c1-24(21(28)14-6-10-16(27)11-7-14)20-18-4-2-3-5-19(18)32-23(30)25(20,24)22(29)31-17-12-8-15(26)9-13-17/h2-13,20H,1H3/t20-,24+,25-/m0/s1. The van der Waals surface area contributed by atoms with E-state index in [2.05, 4.69) is 15.9 Å². The van der Waals surface area contributed by atoms with Crippen LogP contribution in [-0.2, 0) is 9.59 Å². The number of carbonyl (C=O) groups excluding carboxylic acids is 3. The predicted octanol–water partition coefficient (Wildman–Crippen LogP) is 5.09. The number of benzene rings is 3. The topological polar surface area (TPSA) is 69.7 Å². The summed E-state index contributed by atoms with van der Waals surface area (Å²) < 4.78 is 25.3. The molecule has 0 spiro atoms. The van der Waals surface area contributed by atoms with Crippen molar-refractivity contribution >= 4 is 33.7 Å². The number of Topliss-reactive ketones (excluding diaryl/α,β-unsaturated/α-hetero) is 1. The van der Waals surface area contributed by atoms with Crippen LogP contribution in [0.5, 0.6) is 11.5 Å². The number of esters is 2. The zero-order chi connectivity index (χ0) is 22.7. The summed E-state index contributed by atoms with van der Waals surface area (Å²) in [6.45, 7) is 1.57. The van der Waals surface area contributed by atoms with Crippen molar-refractivity contribution in [1.29, 1.82) is 0 Å². The van der Waals surface area contributed by atoms with Crippen molar-refractivity contribution in [2.45, 2.75) is 12.8 Å². The molecular formula is C25H16BrFO5. The van der Waals surface area contributed by atoms with Crippen LogP contribution in [0.2, 0.25) is 0 Å². The highest BCUT2D eigenvalue weighted by molar-refractivity contribution is 9.10. The molecule has 0 unspecified atom stereocenters. The van der Waals surface area contributed by atoms with Crippen LogP contribution in [-0.4, -0.2) is 17.7 Å². The second kappa shape index (κ2) is 7.10. The Hall–Kier alpha value is -3.32. The van der Waals surface area contributed by atoms with Gasteiger partial charge in [-0.2, -0.15) is 0 Å². The molecule has 0 amide bonds. The summed E-state index contributed by atoms with van der Waals surface area (Å²) in [5.74, 6) is -2.86. The Morgan fingerprint density at radius 3 is 2.34 bits per heavy atom. The monoisotopic (exact) mass is 494 g/mol. The van der Waals surface area contributed by atoms with Gasteiger partial charge in [0.2, 0.25) is 0 Å². The highest BCUT2D eigenvalue weighted by Crippen LogP contribution is 2.78. The fourth-order valence-electron chi connectivity index (χ4n) is 4.80. The Labute approximate surface area is 191 Å². The summed E-state index contributed by atoms with van der Waals surface area (Å²) in [5, 5.41) is 0. The molecule has 3 atom stereocenters. The van der Waals surface area contributed by atoms with E-state index >= 15 is 0 Å². The van der Waals surface area contributed by atoms with E-state index in [0.717, 1.165) is 4.47 Å². The van der Waals surface area contributed by atoms with Gasteiger partial charge in [-0.05, 0) is 61.5 Å². The summed E-state index contributed by atoms with van der Waals surface area (Å²) in [4.78, 5) is 40.4. The van der Waals surface area contributed by atoms with Gasteiger partial charge in [-0.3, -0.25) is 14.4 Å². The minimum atomic E-state index is -1.85. The number of fused-ring (bicyclic) bond motifs is 3. The number of halogens is 2. The van der Waals surface area contributed by atoms with Crippen LogP contribution in [0.3, 0.4) is 0 Å². The first-order chi connectivity index (χ1) is 15.3. The summed E-state index contributed by atoms with van der Waals surface area (Å²) in [7, 11) is 0.